The molecule has 0 heterocycles. The molecule has 0 bridgehead atoms. The standard InChI is InChI=1S/C12H14O4/c1-8-9(5-7-11(13)16-3)4-6-10(15-2)12(8)14/h4-7,14H,1-3H3/b7-5+. The fourth-order valence-corrected chi connectivity index (χ4v) is 1.26. The van der Waals surface area contributed by atoms with Crippen LogP contribution in [0.3, 0.4) is 0 Å². The average Bonchev–Trinajstić information content (AvgIpc) is 2.30. The topological polar surface area (TPSA) is 55.8 Å². The number of ether oxygens (including phenoxy) is 2. The molecule has 0 aliphatic carbocycles. The van der Waals surface area contributed by atoms with Crippen LogP contribution in [0.4, 0.5) is 0 Å². The number of hydrogen-bond acceptors (Lipinski definition) is 4. The molecule has 1 aromatic rings. The van der Waals surface area contributed by atoms with Crippen LogP contribution >= 0.6 is 0 Å². The second-order valence-electron chi connectivity index (χ2n) is 3.19. The summed E-state index contributed by atoms with van der Waals surface area (Å²) in [5, 5.41) is 9.73. The minimum absolute atomic E-state index is 0.0783. The zero-order valence-electron chi connectivity index (χ0n) is 9.48. The summed E-state index contributed by atoms with van der Waals surface area (Å²) in [6.07, 6.45) is 2.88. The molecule has 0 fully saturated rings. The Kier molecular flexibility index (Phi) is 3.94. The lowest BCUT2D eigenvalue weighted by Crippen LogP contribution is -1.94. The Bertz CT molecular complexity index is 421. The summed E-state index contributed by atoms with van der Waals surface area (Å²) in [5.41, 5.74) is 1.39. The van der Waals surface area contributed by atoms with E-state index < -0.39 is 5.97 Å². The SMILES string of the molecule is COC(=O)/C=C/c1ccc(OC)c(O)c1C. The molecule has 0 saturated carbocycles. The normalized spacial score (nSPS) is 10.4. The van der Waals surface area contributed by atoms with Crippen molar-refractivity contribution in [2.45, 2.75) is 6.92 Å². The van der Waals surface area contributed by atoms with E-state index in [1.807, 2.05) is 0 Å². The Morgan fingerprint density at radius 3 is 2.62 bits per heavy atom. The maximum Gasteiger partial charge on any atom is 0.330 e. The first-order valence-electron chi connectivity index (χ1n) is 4.72. The lowest BCUT2D eigenvalue weighted by atomic mass is 10.1. The molecule has 0 atom stereocenters. The number of phenols is 1. The predicted octanol–water partition coefficient (Wildman–Crippen LogP) is 1.90. The van der Waals surface area contributed by atoms with E-state index in [0.29, 0.717) is 11.3 Å². The Labute approximate surface area is 94.1 Å². The fourth-order valence-electron chi connectivity index (χ4n) is 1.26. The largest absolute Gasteiger partial charge is 0.504 e. The van der Waals surface area contributed by atoms with Crippen molar-refractivity contribution in [3.05, 3.63) is 29.3 Å². The van der Waals surface area contributed by atoms with Crippen LogP contribution in [0, 0.1) is 6.92 Å². The summed E-state index contributed by atoms with van der Waals surface area (Å²) >= 11 is 0. The second-order valence-corrected chi connectivity index (χ2v) is 3.19. The van der Waals surface area contributed by atoms with E-state index in [4.69, 9.17) is 4.74 Å². The van der Waals surface area contributed by atoms with Gasteiger partial charge in [-0.15, -0.1) is 0 Å². The Morgan fingerprint density at radius 2 is 2.06 bits per heavy atom. The monoisotopic (exact) mass is 222 g/mol. The summed E-state index contributed by atoms with van der Waals surface area (Å²) in [6.45, 7) is 1.74. The molecule has 0 aliphatic heterocycles. The van der Waals surface area contributed by atoms with Crippen LogP contribution < -0.4 is 4.74 Å². The van der Waals surface area contributed by atoms with Crippen molar-refractivity contribution < 1.29 is 19.4 Å². The summed E-state index contributed by atoms with van der Waals surface area (Å²) in [7, 11) is 2.80. The average molecular weight is 222 g/mol. The number of aromatic hydroxyl groups is 1. The molecule has 4 heteroatoms. The van der Waals surface area contributed by atoms with E-state index in [1.54, 1.807) is 25.1 Å². The van der Waals surface area contributed by atoms with Crippen molar-refractivity contribution in [1.82, 2.24) is 0 Å². The van der Waals surface area contributed by atoms with Gasteiger partial charge in [-0.3, -0.25) is 0 Å². The molecule has 4 nitrogen and oxygen atoms in total. The fraction of sp³-hybridized carbons (Fsp3) is 0.250. The highest BCUT2D eigenvalue weighted by Gasteiger charge is 2.07. The van der Waals surface area contributed by atoms with Gasteiger partial charge >= 0.3 is 5.97 Å². The summed E-state index contributed by atoms with van der Waals surface area (Å²) in [4.78, 5) is 10.9. The Morgan fingerprint density at radius 1 is 1.38 bits per heavy atom. The van der Waals surface area contributed by atoms with E-state index in [0.717, 1.165) is 5.56 Å². The molecule has 1 rings (SSSR count). The third kappa shape index (κ3) is 2.53. The third-order valence-electron chi connectivity index (χ3n) is 2.26. The summed E-state index contributed by atoms with van der Waals surface area (Å²) in [6, 6.07) is 3.40. The van der Waals surface area contributed by atoms with Crippen LogP contribution in [0.15, 0.2) is 18.2 Å². The van der Waals surface area contributed by atoms with Gasteiger partial charge in [-0.2, -0.15) is 0 Å². The van der Waals surface area contributed by atoms with Gasteiger partial charge in [0.1, 0.15) is 0 Å². The summed E-state index contributed by atoms with van der Waals surface area (Å²) in [5.74, 6) is 0.0527. The van der Waals surface area contributed by atoms with Crippen molar-refractivity contribution in [2.24, 2.45) is 0 Å². The van der Waals surface area contributed by atoms with Gasteiger partial charge in [0, 0.05) is 11.6 Å². The lowest BCUT2D eigenvalue weighted by molar-refractivity contribution is -0.134. The molecular weight excluding hydrogens is 208 g/mol. The number of rotatable bonds is 3. The zero-order valence-corrected chi connectivity index (χ0v) is 9.48. The lowest BCUT2D eigenvalue weighted by Gasteiger charge is -2.08. The molecule has 0 aromatic heterocycles. The molecular formula is C12H14O4. The highest BCUT2D eigenvalue weighted by molar-refractivity contribution is 5.87. The first kappa shape index (κ1) is 12.1. The maximum atomic E-state index is 10.9. The number of benzene rings is 1. The van der Waals surface area contributed by atoms with Crippen LogP contribution in [0.2, 0.25) is 0 Å². The number of carbonyl (C=O) groups is 1. The van der Waals surface area contributed by atoms with E-state index in [2.05, 4.69) is 4.74 Å². The van der Waals surface area contributed by atoms with Gasteiger partial charge in [-0.1, -0.05) is 6.07 Å². The smallest absolute Gasteiger partial charge is 0.330 e. The van der Waals surface area contributed by atoms with E-state index in [-0.39, 0.29) is 5.75 Å². The van der Waals surface area contributed by atoms with Crippen LogP contribution in [-0.2, 0) is 9.53 Å². The van der Waals surface area contributed by atoms with Gasteiger partial charge in [0.25, 0.3) is 0 Å². The van der Waals surface area contributed by atoms with Gasteiger partial charge in [0.05, 0.1) is 14.2 Å². The molecule has 16 heavy (non-hydrogen) atoms. The molecule has 1 N–H and O–H groups in total. The minimum atomic E-state index is -0.435. The van der Waals surface area contributed by atoms with Crippen molar-refractivity contribution in [3.8, 4) is 11.5 Å². The first-order chi connectivity index (χ1) is 7.60. The molecule has 86 valence electrons. The molecule has 0 saturated heterocycles. The number of hydrogen-bond donors (Lipinski definition) is 1. The minimum Gasteiger partial charge on any atom is -0.504 e. The highest BCUT2D eigenvalue weighted by Crippen LogP contribution is 2.31. The van der Waals surface area contributed by atoms with Crippen LogP contribution in [0.25, 0.3) is 6.08 Å². The van der Waals surface area contributed by atoms with E-state index >= 15 is 0 Å². The Balaban J connectivity index is 3.03. The van der Waals surface area contributed by atoms with Crippen molar-refractivity contribution in [3.63, 3.8) is 0 Å². The number of esters is 1. The number of phenolic OH excluding ortho intramolecular Hbond substituents is 1. The van der Waals surface area contributed by atoms with Crippen molar-refractivity contribution in [1.29, 1.82) is 0 Å². The molecule has 0 radical (unpaired) electrons. The highest BCUT2D eigenvalue weighted by atomic mass is 16.5. The van der Waals surface area contributed by atoms with Gasteiger partial charge in [-0.25, -0.2) is 4.79 Å². The quantitative estimate of drug-likeness (QED) is 0.626. The molecule has 0 aliphatic rings. The Hall–Kier alpha value is -1.97. The molecule has 0 amide bonds. The van der Waals surface area contributed by atoms with E-state index in [1.165, 1.54) is 20.3 Å². The molecule has 0 spiro atoms. The summed E-state index contributed by atoms with van der Waals surface area (Å²) < 4.78 is 9.44. The van der Waals surface area contributed by atoms with Crippen LogP contribution in [0.5, 0.6) is 11.5 Å². The van der Waals surface area contributed by atoms with Gasteiger partial charge in [-0.05, 0) is 24.6 Å². The van der Waals surface area contributed by atoms with Crippen LogP contribution in [0.1, 0.15) is 11.1 Å². The number of carbonyl (C=O) groups excluding carboxylic acids is 1. The second kappa shape index (κ2) is 5.21. The third-order valence-corrected chi connectivity index (χ3v) is 2.26. The van der Waals surface area contributed by atoms with Gasteiger partial charge in [0.15, 0.2) is 11.5 Å². The van der Waals surface area contributed by atoms with Gasteiger partial charge < -0.3 is 14.6 Å². The van der Waals surface area contributed by atoms with Gasteiger partial charge in [0.2, 0.25) is 0 Å². The number of methoxy groups -OCH3 is 2. The van der Waals surface area contributed by atoms with Crippen molar-refractivity contribution in [2.75, 3.05) is 14.2 Å². The van der Waals surface area contributed by atoms with E-state index in [9.17, 15) is 9.90 Å². The zero-order chi connectivity index (χ0) is 12.1. The van der Waals surface area contributed by atoms with Crippen LogP contribution in [-0.4, -0.2) is 25.3 Å². The van der Waals surface area contributed by atoms with Crippen molar-refractivity contribution >= 4 is 12.0 Å². The maximum absolute atomic E-state index is 10.9. The first-order valence-corrected chi connectivity index (χ1v) is 4.72. The predicted molar refractivity (Wildman–Crippen MR) is 60.4 cm³/mol. The molecule has 0 unspecified atom stereocenters. The molecule has 1 aromatic carbocycles.